The molecule has 0 amide bonds. The summed E-state index contributed by atoms with van der Waals surface area (Å²) in [5.41, 5.74) is -0.0388. The van der Waals surface area contributed by atoms with Gasteiger partial charge in [0.1, 0.15) is 11.3 Å². The molecule has 17 heavy (non-hydrogen) atoms. The Kier molecular flexibility index (Phi) is 4.05. The van der Waals surface area contributed by atoms with Gasteiger partial charge < -0.3 is 15.3 Å². The van der Waals surface area contributed by atoms with Gasteiger partial charge in [0.15, 0.2) is 0 Å². The van der Waals surface area contributed by atoms with Crippen molar-refractivity contribution in [3.05, 3.63) is 42.0 Å². The van der Waals surface area contributed by atoms with Crippen LogP contribution >= 0.6 is 0 Å². The fourth-order valence-corrected chi connectivity index (χ4v) is 1.48. The van der Waals surface area contributed by atoms with Gasteiger partial charge >= 0.3 is 5.97 Å². The van der Waals surface area contributed by atoms with Crippen LogP contribution in [-0.4, -0.2) is 27.8 Å². The smallest absolute Gasteiger partial charge is 0.340 e. The summed E-state index contributed by atoms with van der Waals surface area (Å²) in [6.07, 6.45) is 0. The minimum Gasteiger partial charge on any atom is -0.507 e. The Morgan fingerprint density at radius 1 is 1.12 bits per heavy atom. The lowest BCUT2D eigenvalue weighted by Crippen LogP contribution is -1.97. The highest BCUT2D eigenvalue weighted by Gasteiger charge is 2.12. The van der Waals surface area contributed by atoms with Crippen molar-refractivity contribution < 1.29 is 24.9 Å². The van der Waals surface area contributed by atoms with Crippen LogP contribution in [0.3, 0.4) is 0 Å². The van der Waals surface area contributed by atoms with E-state index in [1.807, 2.05) is 6.07 Å². The Morgan fingerprint density at radius 2 is 1.71 bits per heavy atom. The molecule has 0 aliphatic carbocycles. The van der Waals surface area contributed by atoms with E-state index in [-0.39, 0.29) is 17.8 Å². The lowest BCUT2D eigenvalue weighted by atomic mass is 10.0. The second kappa shape index (κ2) is 5.50. The summed E-state index contributed by atoms with van der Waals surface area (Å²) in [6, 6.07) is 10.1. The number of carbonyl (C=O) groups is 2. The SMILES string of the molecule is O=C(O)c1c(O)ccc2ccccc12.O=CO. The lowest BCUT2D eigenvalue weighted by Gasteiger charge is -2.03. The molecule has 0 unspecified atom stereocenters. The maximum Gasteiger partial charge on any atom is 0.340 e. The normalized spacial score (nSPS) is 9.18. The lowest BCUT2D eigenvalue weighted by molar-refractivity contribution is -0.122. The van der Waals surface area contributed by atoms with E-state index in [2.05, 4.69) is 0 Å². The van der Waals surface area contributed by atoms with Crippen LogP contribution in [0.15, 0.2) is 36.4 Å². The molecule has 0 aliphatic heterocycles. The summed E-state index contributed by atoms with van der Waals surface area (Å²) in [6.45, 7) is -0.250. The Balaban J connectivity index is 0.000000437. The van der Waals surface area contributed by atoms with E-state index < -0.39 is 5.97 Å². The summed E-state index contributed by atoms with van der Waals surface area (Å²) in [5.74, 6) is -1.31. The third kappa shape index (κ3) is 2.72. The largest absolute Gasteiger partial charge is 0.507 e. The van der Waals surface area contributed by atoms with Crippen LogP contribution in [-0.2, 0) is 4.79 Å². The quantitative estimate of drug-likeness (QED) is 0.655. The van der Waals surface area contributed by atoms with Crippen molar-refractivity contribution in [2.75, 3.05) is 0 Å². The molecule has 0 saturated heterocycles. The first-order chi connectivity index (χ1) is 8.11. The van der Waals surface area contributed by atoms with Gasteiger partial charge in [-0.05, 0) is 16.8 Å². The van der Waals surface area contributed by atoms with Crippen molar-refractivity contribution in [1.82, 2.24) is 0 Å². The van der Waals surface area contributed by atoms with Gasteiger partial charge in [0.05, 0.1) is 0 Å². The topological polar surface area (TPSA) is 94.8 Å². The van der Waals surface area contributed by atoms with E-state index >= 15 is 0 Å². The molecule has 0 saturated carbocycles. The van der Waals surface area contributed by atoms with Crippen molar-refractivity contribution >= 4 is 23.2 Å². The zero-order chi connectivity index (χ0) is 12.8. The van der Waals surface area contributed by atoms with Gasteiger partial charge in [0.2, 0.25) is 0 Å². The Labute approximate surface area is 96.6 Å². The molecule has 5 heteroatoms. The predicted octanol–water partition coefficient (Wildman–Crippen LogP) is 1.94. The number of carboxylic acids is 1. The van der Waals surface area contributed by atoms with Gasteiger partial charge in [0.25, 0.3) is 6.47 Å². The Bertz CT molecular complexity index is 548. The van der Waals surface area contributed by atoms with Gasteiger partial charge in [-0.2, -0.15) is 0 Å². The Morgan fingerprint density at radius 3 is 2.29 bits per heavy atom. The van der Waals surface area contributed by atoms with Crippen LogP contribution in [0.4, 0.5) is 0 Å². The number of aromatic hydroxyl groups is 1. The molecule has 3 N–H and O–H groups in total. The van der Waals surface area contributed by atoms with Gasteiger partial charge in [-0.25, -0.2) is 4.79 Å². The van der Waals surface area contributed by atoms with Crippen LogP contribution in [0.25, 0.3) is 10.8 Å². The van der Waals surface area contributed by atoms with Gasteiger partial charge in [0, 0.05) is 0 Å². The molecule has 0 radical (unpaired) electrons. The summed E-state index contributed by atoms with van der Waals surface area (Å²) in [7, 11) is 0. The van der Waals surface area contributed by atoms with Crippen molar-refractivity contribution in [3.63, 3.8) is 0 Å². The second-order valence-corrected chi connectivity index (χ2v) is 3.09. The van der Waals surface area contributed by atoms with E-state index in [0.717, 1.165) is 5.39 Å². The number of aromatic carboxylic acids is 1. The monoisotopic (exact) mass is 234 g/mol. The molecule has 0 aliphatic rings. The number of carboxylic acid groups (broad SMARTS) is 2. The van der Waals surface area contributed by atoms with Crippen molar-refractivity contribution in [3.8, 4) is 5.75 Å². The van der Waals surface area contributed by atoms with E-state index in [0.29, 0.717) is 5.39 Å². The number of fused-ring (bicyclic) bond motifs is 1. The zero-order valence-corrected chi connectivity index (χ0v) is 8.70. The number of rotatable bonds is 1. The third-order valence-corrected chi connectivity index (χ3v) is 2.12. The summed E-state index contributed by atoms with van der Waals surface area (Å²) < 4.78 is 0. The average molecular weight is 234 g/mol. The number of hydrogen-bond donors (Lipinski definition) is 3. The minimum atomic E-state index is -1.11. The second-order valence-electron chi connectivity index (χ2n) is 3.09. The van der Waals surface area contributed by atoms with Crippen molar-refractivity contribution in [2.24, 2.45) is 0 Å². The molecule has 0 fully saturated rings. The molecule has 2 aromatic carbocycles. The first-order valence-electron chi connectivity index (χ1n) is 4.63. The van der Waals surface area contributed by atoms with Crippen LogP contribution < -0.4 is 0 Å². The first kappa shape index (κ1) is 12.5. The van der Waals surface area contributed by atoms with Crippen LogP contribution in [0, 0.1) is 0 Å². The maximum atomic E-state index is 10.9. The van der Waals surface area contributed by atoms with Gasteiger partial charge in [-0.1, -0.05) is 30.3 Å². The number of hydrogen-bond acceptors (Lipinski definition) is 3. The summed E-state index contributed by atoms with van der Waals surface area (Å²) >= 11 is 0. The minimum absolute atomic E-state index is 0.0388. The molecular weight excluding hydrogens is 224 g/mol. The summed E-state index contributed by atoms with van der Waals surface area (Å²) in [5, 5.41) is 26.6. The fraction of sp³-hybridized carbons (Fsp3) is 0. The van der Waals surface area contributed by atoms with Crippen molar-refractivity contribution in [2.45, 2.75) is 0 Å². The van der Waals surface area contributed by atoms with Crippen LogP contribution in [0.2, 0.25) is 0 Å². The molecule has 0 bridgehead atoms. The van der Waals surface area contributed by atoms with Crippen LogP contribution in [0.5, 0.6) is 5.75 Å². The molecule has 2 aromatic rings. The molecular formula is C12H10O5. The average Bonchev–Trinajstić information content (AvgIpc) is 2.29. The highest BCUT2D eigenvalue weighted by Crippen LogP contribution is 2.26. The van der Waals surface area contributed by atoms with Crippen molar-refractivity contribution in [1.29, 1.82) is 0 Å². The molecule has 88 valence electrons. The fourth-order valence-electron chi connectivity index (χ4n) is 1.48. The van der Waals surface area contributed by atoms with E-state index in [4.69, 9.17) is 15.0 Å². The number of phenols is 1. The molecule has 5 nitrogen and oxygen atoms in total. The van der Waals surface area contributed by atoms with Gasteiger partial charge in [-0.3, -0.25) is 4.79 Å². The van der Waals surface area contributed by atoms with E-state index in [1.165, 1.54) is 6.07 Å². The first-order valence-corrected chi connectivity index (χ1v) is 4.63. The number of benzene rings is 2. The molecule has 2 rings (SSSR count). The van der Waals surface area contributed by atoms with E-state index in [9.17, 15) is 9.90 Å². The third-order valence-electron chi connectivity index (χ3n) is 2.12. The molecule has 0 heterocycles. The highest BCUT2D eigenvalue weighted by molar-refractivity contribution is 6.06. The maximum absolute atomic E-state index is 10.9. The molecule has 0 spiro atoms. The predicted molar refractivity (Wildman–Crippen MR) is 61.3 cm³/mol. The Hall–Kier alpha value is -2.56. The van der Waals surface area contributed by atoms with Gasteiger partial charge in [-0.15, -0.1) is 0 Å². The van der Waals surface area contributed by atoms with Crippen LogP contribution in [0.1, 0.15) is 10.4 Å². The highest BCUT2D eigenvalue weighted by atomic mass is 16.4. The molecule has 0 aromatic heterocycles. The van der Waals surface area contributed by atoms with E-state index in [1.54, 1.807) is 24.3 Å². The standard InChI is InChI=1S/C11H8O3.CH2O2/c12-9-6-5-7-3-1-2-4-8(7)10(9)11(13)14;2-1-3/h1-6,12H,(H,13,14);1H,(H,2,3). The summed E-state index contributed by atoms with van der Waals surface area (Å²) in [4.78, 5) is 19.2. The zero-order valence-electron chi connectivity index (χ0n) is 8.70. The molecule has 0 atom stereocenters.